The Kier molecular flexibility index (Phi) is 7.74. The van der Waals surface area contributed by atoms with Crippen LogP contribution in [0.2, 0.25) is 0 Å². The number of carboxylic acids is 1. The number of aliphatic carboxylic acids is 1. The highest BCUT2D eigenvalue weighted by Gasteiger charge is 2.35. The van der Waals surface area contributed by atoms with Crippen molar-refractivity contribution in [1.29, 1.82) is 0 Å². The Morgan fingerprint density at radius 2 is 1.80 bits per heavy atom. The van der Waals surface area contributed by atoms with E-state index in [-0.39, 0.29) is 25.1 Å². The molecule has 0 aromatic heterocycles. The topological polar surface area (TPSA) is 110 Å². The molecule has 0 radical (unpaired) electrons. The van der Waals surface area contributed by atoms with Crippen LogP contribution in [0.3, 0.4) is 0 Å². The Bertz CT molecular complexity index is 427. The number of nitrogens with one attached hydrogen (secondary N) is 1. The van der Waals surface area contributed by atoms with Gasteiger partial charge in [0, 0.05) is 13.0 Å². The molecule has 0 heterocycles. The van der Waals surface area contributed by atoms with Gasteiger partial charge in [-0.15, -0.1) is 0 Å². The van der Waals surface area contributed by atoms with E-state index in [4.69, 9.17) is 0 Å². The van der Waals surface area contributed by atoms with Crippen molar-refractivity contribution in [3.05, 3.63) is 0 Å². The number of esters is 1. The monoisotopic (exact) mass is 309 g/mol. The average molecular weight is 309 g/mol. The molecule has 0 rings (SSSR count). The highest BCUT2D eigenvalue weighted by molar-refractivity contribution is 7.89. The van der Waals surface area contributed by atoms with E-state index in [2.05, 4.69) is 9.46 Å². The van der Waals surface area contributed by atoms with Crippen LogP contribution in [0, 0.1) is 5.41 Å². The van der Waals surface area contributed by atoms with Crippen LogP contribution in [0.15, 0.2) is 0 Å². The van der Waals surface area contributed by atoms with Crippen molar-refractivity contribution in [2.75, 3.05) is 19.4 Å². The molecule has 0 unspecified atom stereocenters. The second-order valence-electron chi connectivity index (χ2n) is 4.61. The van der Waals surface area contributed by atoms with Crippen molar-refractivity contribution in [3.63, 3.8) is 0 Å². The van der Waals surface area contributed by atoms with E-state index < -0.39 is 27.4 Å². The Balaban J connectivity index is 4.47. The fraction of sp³-hybridized carbons (Fsp3) is 0.833. The number of rotatable bonds is 10. The molecule has 7 nitrogen and oxygen atoms in total. The lowest BCUT2D eigenvalue weighted by Gasteiger charge is -2.26. The molecule has 0 atom stereocenters. The van der Waals surface area contributed by atoms with E-state index >= 15 is 0 Å². The fourth-order valence-corrected chi connectivity index (χ4v) is 2.87. The molecule has 0 aromatic rings. The van der Waals surface area contributed by atoms with Gasteiger partial charge in [-0.3, -0.25) is 9.59 Å². The summed E-state index contributed by atoms with van der Waals surface area (Å²) < 4.78 is 30.2. The molecular weight excluding hydrogens is 286 g/mol. The van der Waals surface area contributed by atoms with Gasteiger partial charge in [0.25, 0.3) is 0 Å². The zero-order valence-electron chi connectivity index (χ0n) is 12.1. The summed E-state index contributed by atoms with van der Waals surface area (Å²) in [6.45, 7) is 3.28. The van der Waals surface area contributed by atoms with E-state index in [0.29, 0.717) is 12.8 Å². The summed E-state index contributed by atoms with van der Waals surface area (Å²) in [4.78, 5) is 22.1. The molecule has 0 bridgehead atoms. The summed E-state index contributed by atoms with van der Waals surface area (Å²) in [7, 11) is -2.36. The lowest BCUT2D eigenvalue weighted by atomic mass is 9.83. The van der Waals surface area contributed by atoms with Gasteiger partial charge < -0.3 is 9.84 Å². The Hall–Kier alpha value is -1.15. The summed E-state index contributed by atoms with van der Waals surface area (Å²) >= 11 is 0. The van der Waals surface area contributed by atoms with Gasteiger partial charge in [0.15, 0.2) is 0 Å². The fourth-order valence-electron chi connectivity index (χ4n) is 1.71. The first-order valence-electron chi connectivity index (χ1n) is 6.50. The van der Waals surface area contributed by atoms with Crippen LogP contribution in [0.25, 0.3) is 0 Å². The molecule has 0 aliphatic rings. The third-order valence-electron chi connectivity index (χ3n) is 3.46. The molecule has 20 heavy (non-hydrogen) atoms. The molecule has 0 amide bonds. The third-order valence-corrected chi connectivity index (χ3v) is 4.87. The highest BCUT2D eigenvalue weighted by atomic mass is 32.2. The zero-order valence-corrected chi connectivity index (χ0v) is 13.0. The maximum absolute atomic E-state index is 11.7. The van der Waals surface area contributed by atoms with E-state index in [9.17, 15) is 23.1 Å². The van der Waals surface area contributed by atoms with Gasteiger partial charge in [0.05, 0.1) is 18.3 Å². The van der Waals surface area contributed by atoms with E-state index in [0.717, 1.165) is 0 Å². The second-order valence-corrected chi connectivity index (χ2v) is 6.54. The number of carbonyl (C=O) groups excluding carboxylic acids is 1. The molecule has 0 spiro atoms. The lowest BCUT2D eigenvalue weighted by Crippen LogP contribution is -2.43. The zero-order chi connectivity index (χ0) is 15.8. The number of sulfonamides is 1. The molecule has 8 heteroatoms. The first kappa shape index (κ1) is 18.9. The van der Waals surface area contributed by atoms with E-state index in [1.54, 1.807) is 13.8 Å². The van der Waals surface area contributed by atoms with Crippen LogP contribution >= 0.6 is 0 Å². The number of methoxy groups -OCH3 is 1. The molecule has 0 aromatic carbocycles. The van der Waals surface area contributed by atoms with Gasteiger partial charge >= 0.3 is 11.9 Å². The maximum Gasteiger partial charge on any atom is 0.310 e. The molecule has 0 aliphatic carbocycles. The molecule has 118 valence electrons. The quantitative estimate of drug-likeness (QED) is 0.576. The smallest absolute Gasteiger partial charge is 0.310 e. The van der Waals surface area contributed by atoms with Crippen molar-refractivity contribution in [3.8, 4) is 0 Å². The number of carboxylic acid groups (broad SMARTS) is 1. The largest absolute Gasteiger partial charge is 0.481 e. The molecular formula is C12H23NO6S. The normalized spacial score (nSPS) is 12.2. The Morgan fingerprint density at radius 3 is 2.20 bits per heavy atom. The minimum Gasteiger partial charge on any atom is -0.481 e. The second kappa shape index (κ2) is 8.21. The van der Waals surface area contributed by atoms with Gasteiger partial charge in [-0.1, -0.05) is 13.8 Å². The minimum absolute atomic E-state index is 0.0169. The van der Waals surface area contributed by atoms with Gasteiger partial charge in [-0.2, -0.15) is 0 Å². The first-order chi connectivity index (χ1) is 9.23. The van der Waals surface area contributed by atoms with Gasteiger partial charge in [-0.25, -0.2) is 13.1 Å². The van der Waals surface area contributed by atoms with E-state index in [1.165, 1.54) is 7.11 Å². The van der Waals surface area contributed by atoms with Crippen LogP contribution in [0.1, 0.15) is 39.5 Å². The standard InChI is InChI=1S/C12H23NO6S/c1-4-12(5-2,11(15)16)9-13-20(17,18)8-6-7-10(14)19-3/h13H,4-9H2,1-3H3,(H,15,16). The van der Waals surface area contributed by atoms with E-state index in [1.807, 2.05) is 0 Å². The summed E-state index contributed by atoms with van der Waals surface area (Å²) in [5.74, 6) is -1.72. The van der Waals surface area contributed by atoms with Crippen molar-refractivity contribution in [2.45, 2.75) is 39.5 Å². The summed E-state index contributed by atoms with van der Waals surface area (Å²) in [6.07, 6.45) is 0.830. The minimum atomic E-state index is -3.59. The SMILES string of the molecule is CCC(CC)(CNS(=O)(=O)CCCC(=O)OC)C(=O)O. The first-order valence-corrected chi connectivity index (χ1v) is 8.15. The number of hydrogen-bond donors (Lipinski definition) is 2. The van der Waals surface area contributed by atoms with Gasteiger partial charge in [-0.05, 0) is 19.3 Å². The van der Waals surface area contributed by atoms with Crippen molar-refractivity contribution >= 4 is 22.0 Å². The predicted octanol–water partition coefficient (Wildman–Crippen LogP) is 0.750. The molecule has 0 aliphatic heterocycles. The van der Waals surface area contributed by atoms with Gasteiger partial charge in [0.1, 0.15) is 0 Å². The van der Waals surface area contributed by atoms with Gasteiger partial charge in [0.2, 0.25) is 10.0 Å². The average Bonchev–Trinajstić information content (AvgIpc) is 2.39. The van der Waals surface area contributed by atoms with Crippen LogP contribution < -0.4 is 4.72 Å². The Morgan fingerprint density at radius 1 is 1.25 bits per heavy atom. The van der Waals surface area contributed by atoms with Crippen LogP contribution in [0.5, 0.6) is 0 Å². The lowest BCUT2D eigenvalue weighted by molar-refractivity contribution is -0.149. The molecule has 0 saturated carbocycles. The number of carbonyl (C=O) groups is 2. The Labute approximate surface area is 119 Å². The highest BCUT2D eigenvalue weighted by Crippen LogP contribution is 2.25. The van der Waals surface area contributed by atoms with Crippen LogP contribution in [0.4, 0.5) is 0 Å². The number of ether oxygens (including phenoxy) is 1. The van der Waals surface area contributed by atoms with Crippen LogP contribution in [-0.2, 0) is 24.3 Å². The summed E-state index contributed by atoms with van der Waals surface area (Å²) in [6, 6.07) is 0. The van der Waals surface area contributed by atoms with Crippen LogP contribution in [-0.4, -0.2) is 44.9 Å². The molecule has 0 fully saturated rings. The maximum atomic E-state index is 11.7. The predicted molar refractivity (Wildman–Crippen MR) is 73.7 cm³/mol. The molecule has 0 saturated heterocycles. The van der Waals surface area contributed by atoms with Crippen molar-refractivity contribution < 1.29 is 27.9 Å². The van der Waals surface area contributed by atoms with Crippen molar-refractivity contribution in [1.82, 2.24) is 4.72 Å². The summed E-state index contributed by atoms with van der Waals surface area (Å²) in [5.41, 5.74) is -1.09. The summed E-state index contributed by atoms with van der Waals surface area (Å²) in [5, 5.41) is 9.21. The van der Waals surface area contributed by atoms with Crippen molar-refractivity contribution in [2.24, 2.45) is 5.41 Å². The molecule has 2 N–H and O–H groups in total. The third kappa shape index (κ3) is 5.87. The number of hydrogen-bond acceptors (Lipinski definition) is 5.